The van der Waals surface area contributed by atoms with E-state index in [4.69, 9.17) is 0 Å². The molecule has 2 aromatic carbocycles. The van der Waals surface area contributed by atoms with E-state index >= 15 is 0 Å². The van der Waals surface area contributed by atoms with Crippen LogP contribution in [0.15, 0.2) is 48.5 Å². The van der Waals surface area contributed by atoms with Gasteiger partial charge in [0, 0.05) is 16.7 Å². The molecule has 0 radical (unpaired) electrons. The molecule has 0 N–H and O–H groups in total. The molecule has 0 amide bonds. The van der Waals surface area contributed by atoms with Crippen molar-refractivity contribution in [2.75, 3.05) is 0 Å². The fraction of sp³-hybridized carbons (Fsp3) is 0.167. The largest absolute Gasteiger partial charge is 0.298 e. The van der Waals surface area contributed by atoms with E-state index in [0.717, 1.165) is 17.4 Å². The minimum atomic E-state index is -1.25. The summed E-state index contributed by atoms with van der Waals surface area (Å²) in [5.41, 5.74) is 2.39. The van der Waals surface area contributed by atoms with E-state index in [0.29, 0.717) is 5.56 Å². The van der Waals surface area contributed by atoms with Gasteiger partial charge < -0.3 is 0 Å². The summed E-state index contributed by atoms with van der Waals surface area (Å²) in [5, 5.41) is 1.43. The minimum Gasteiger partial charge on any atom is -0.298 e. The van der Waals surface area contributed by atoms with Crippen LogP contribution in [0.25, 0.3) is 0 Å². The molecule has 0 fully saturated rings. The van der Waals surface area contributed by atoms with Crippen LogP contribution in [0.4, 0.5) is 0 Å². The predicted molar refractivity (Wildman–Crippen MR) is 87.2 cm³/mol. The highest BCUT2D eigenvalue weighted by atomic mass is 28.3. The van der Waals surface area contributed by atoms with E-state index in [1.807, 2.05) is 18.2 Å². The van der Waals surface area contributed by atoms with Gasteiger partial charge in [-0.1, -0.05) is 67.0 Å². The van der Waals surface area contributed by atoms with Crippen molar-refractivity contribution in [1.29, 1.82) is 0 Å². The summed E-state index contributed by atoms with van der Waals surface area (Å²) in [6.45, 7) is 6.98. The van der Waals surface area contributed by atoms with Gasteiger partial charge in [-0.3, -0.25) is 4.79 Å². The van der Waals surface area contributed by atoms with Crippen LogP contribution in [-0.2, 0) is 0 Å². The zero-order valence-corrected chi connectivity index (χ0v) is 13.1. The first-order chi connectivity index (χ1) is 9.50. The van der Waals surface area contributed by atoms with Gasteiger partial charge in [-0.15, -0.1) is 0 Å². The predicted octanol–water partition coefficient (Wildman–Crippen LogP) is 3.44. The van der Waals surface area contributed by atoms with Gasteiger partial charge in [0.1, 0.15) is 0 Å². The van der Waals surface area contributed by atoms with Crippen molar-refractivity contribution < 1.29 is 4.79 Å². The zero-order valence-electron chi connectivity index (χ0n) is 12.1. The maximum absolute atomic E-state index is 10.9. The first-order valence-electron chi connectivity index (χ1n) is 6.67. The topological polar surface area (TPSA) is 17.1 Å². The van der Waals surface area contributed by atoms with Crippen molar-refractivity contribution in [1.82, 2.24) is 0 Å². The molecule has 0 aliphatic carbocycles. The van der Waals surface area contributed by atoms with E-state index in [9.17, 15) is 4.79 Å². The minimum absolute atomic E-state index is 0.638. The molecule has 1 nitrogen and oxygen atoms in total. The van der Waals surface area contributed by atoms with Crippen molar-refractivity contribution in [3.05, 3.63) is 65.2 Å². The Bertz CT molecular complexity index is 667. The lowest BCUT2D eigenvalue weighted by Gasteiger charge is -2.15. The second-order valence-electron chi connectivity index (χ2n) is 5.78. The highest BCUT2D eigenvalue weighted by Crippen LogP contribution is 2.06. The van der Waals surface area contributed by atoms with Gasteiger partial charge in [-0.25, -0.2) is 0 Å². The SMILES string of the molecule is C[Si](C)(C)c1ccc(C#Cc2ccccc2C=O)cc1. The Morgan fingerprint density at radius 1 is 0.900 bits per heavy atom. The summed E-state index contributed by atoms with van der Waals surface area (Å²) in [6, 6.07) is 15.8. The number of rotatable bonds is 2. The van der Waals surface area contributed by atoms with Crippen LogP contribution in [0, 0.1) is 11.8 Å². The molecule has 0 saturated carbocycles. The van der Waals surface area contributed by atoms with Crippen LogP contribution in [0.3, 0.4) is 0 Å². The molecule has 2 rings (SSSR count). The molecule has 0 aromatic heterocycles. The van der Waals surface area contributed by atoms with Crippen molar-refractivity contribution >= 4 is 19.5 Å². The van der Waals surface area contributed by atoms with Gasteiger partial charge in [-0.2, -0.15) is 0 Å². The molecule has 0 heterocycles. The first kappa shape index (κ1) is 14.3. The van der Waals surface area contributed by atoms with E-state index in [-0.39, 0.29) is 0 Å². The third kappa shape index (κ3) is 3.46. The average Bonchev–Trinajstić information content (AvgIpc) is 2.45. The molecule has 0 bridgehead atoms. The van der Waals surface area contributed by atoms with Crippen molar-refractivity contribution in [2.24, 2.45) is 0 Å². The normalized spacial score (nSPS) is 10.6. The second-order valence-corrected chi connectivity index (χ2v) is 10.9. The Morgan fingerprint density at radius 2 is 1.55 bits per heavy atom. The van der Waals surface area contributed by atoms with Gasteiger partial charge in [0.2, 0.25) is 0 Å². The third-order valence-electron chi connectivity index (χ3n) is 3.18. The Kier molecular flexibility index (Phi) is 4.22. The molecule has 100 valence electrons. The number of aldehydes is 1. The third-order valence-corrected chi connectivity index (χ3v) is 5.25. The molecule has 0 aliphatic rings. The molecule has 0 aliphatic heterocycles. The molecule has 0 saturated heterocycles. The summed E-state index contributed by atoms with van der Waals surface area (Å²) >= 11 is 0. The fourth-order valence-electron chi connectivity index (χ4n) is 1.91. The lowest BCUT2D eigenvalue weighted by molar-refractivity contribution is 0.112. The van der Waals surface area contributed by atoms with Crippen LogP contribution in [0.5, 0.6) is 0 Å². The van der Waals surface area contributed by atoms with Crippen LogP contribution < -0.4 is 5.19 Å². The molecule has 0 atom stereocenters. The molecule has 2 heteroatoms. The maximum atomic E-state index is 10.9. The highest BCUT2D eigenvalue weighted by Gasteiger charge is 2.15. The summed E-state index contributed by atoms with van der Waals surface area (Å²) < 4.78 is 0. The van der Waals surface area contributed by atoms with E-state index in [2.05, 4.69) is 55.7 Å². The number of hydrogen-bond acceptors (Lipinski definition) is 1. The van der Waals surface area contributed by atoms with E-state index in [1.165, 1.54) is 5.19 Å². The van der Waals surface area contributed by atoms with Crippen molar-refractivity contribution in [2.45, 2.75) is 19.6 Å². The molecule has 2 aromatic rings. The summed E-state index contributed by atoms with van der Waals surface area (Å²) in [7, 11) is -1.25. The average molecular weight is 278 g/mol. The number of carbonyl (C=O) groups is 1. The zero-order chi connectivity index (χ0) is 14.6. The molecule has 0 spiro atoms. The number of carbonyl (C=O) groups excluding carboxylic acids is 1. The van der Waals surface area contributed by atoms with Gasteiger partial charge in [0.05, 0.1) is 8.07 Å². The van der Waals surface area contributed by atoms with Gasteiger partial charge >= 0.3 is 0 Å². The van der Waals surface area contributed by atoms with Gasteiger partial charge in [0.25, 0.3) is 0 Å². The maximum Gasteiger partial charge on any atom is 0.151 e. The standard InChI is InChI=1S/C18H18OSi/c1-20(2,3)18-12-9-15(10-13-18)8-11-16-6-4-5-7-17(16)14-19/h4-7,9-10,12-14H,1-3H3. The summed E-state index contributed by atoms with van der Waals surface area (Å²) in [5.74, 6) is 6.19. The molecule has 0 unspecified atom stereocenters. The quantitative estimate of drug-likeness (QED) is 0.467. The van der Waals surface area contributed by atoms with Crippen LogP contribution in [0.2, 0.25) is 19.6 Å². The number of hydrogen-bond donors (Lipinski definition) is 0. The molecule has 20 heavy (non-hydrogen) atoms. The lowest BCUT2D eigenvalue weighted by Crippen LogP contribution is -2.37. The number of benzene rings is 2. The smallest absolute Gasteiger partial charge is 0.151 e. The summed E-state index contributed by atoms with van der Waals surface area (Å²) in [6.07, 6.45) is 0.846. The van der Waals surface area contributed by atoms with Crippen LogP contribution in [0.1, 0.15) is 21.5 Å². The monoisotopic (exact) mass is 278 g/mol. The summed E-state index contributed by atoms with van der Waals surface area (Å²) in [4.78, 5) is 10.9. The van der Waals surface area contributed by atoms with Crippen molar-refractivity contribution in [3.8, 4) is 11.8 Å². The van der Waals surface area contributed by atoms with Gasteiger partial charge in [0.15, 0.2) is 6.29 Å². The first-order valence-corrected chi connectivity index (χ1v) is 10.2. The second kappa shape index (κ2) is 5.90. The molecular weight excluding hydrogens is 260 g/mol. The van der Waals surface area contributed by atoms with Crippen LogP contribution in [-0.4, -0.2) is 14.4 Å². The Balaban J connectivity index is 2.27. The molecular formula is C18H18OSi. The lowest BCUT2D eigenvalue weighted by atomic mass is 10.1. The Morgan fingerprint density at radius 3 is 2.15 bits per heavy atom. The Labute approximate surface area is 121 Å². The van der Waals surface area contributed by atoms with E-state index < -0.39 is 8.07 Å². The van der Waals surface area contributed by atoms with Gasteiger partial charge in [-0.05, 0) is 18.2 Å². The Hall–Kier alpha value is -2.11. The fourth-order valence-corrected chi connectivity index (χ4v) is 3.07. The van der Waals surface area contributed by atoms with Crippen molar-refractivity contribution in [3.63, 3.8) is 0 Å². The van der Waals surface area contributed by atoms with Crippen LogP contribution >= 0.6 is 0 Å². The highest BCUT2D eigenvalue weighted by molar-refractivity contribution is 6.88. The van der Waals surface area contributed by atoms with E-state index in [1.54, 1.807) is 6.07 Å².